The molecule has 2 aromatic carbocycles. The number of nitrogens with zero attached hydrogens (tertiary/aromatic N) is 1. The highest BCUT2D eigenvalue weighted by atomic mass is 35.5. The van der Waals surface area contributed by atoms with Crippen molar-refractivity contribution in [3.05, 3.63) is 87.0 Å². The van der Waals surface area contributed by atoms with Crippen LogP contribution in [0.25, 0.3) is 11.1 Å². The first-order valence-corrected chi connectivity index (χ1v) is 9.53. The fraction of sp³-hybridized carbons (Fsp3) is 0.217. The number of ketones is 1. The Morgan fingerprint density at radius 2 is 1.83 bits per heavy atom. The number of carbonyl (C=O) groups excluding carboxylic acids is 1. The van der Waals surface area contributed by atoms with Gasteiger partial charge in [-0.25, -0.2) is 4.39 Å². The highest BCUT2D eigenvalue weighted by Crippen LogP contribution is 2.34. The minimum Gasteiger partial charge on any atom is -0.495 e. The molecule has 0 fully saturated rings. The first-order valence-electron chi connectivity index (χ1n) is 9.15. The second-order valence-electron chi connectivity index (χ2n) is 6.93. The molecule has 1 atom stereocenters. The Morgan fingerprint density at radius 1 is 1.14 bits per heavy atom. The molecule has 3 rings (SSSR count). The summed E-state index contributed by atoms with van der Waals surface area (Å²) >= 11 is 6.13. The van der Waals surface area contributed by atoms with Gasteiger partial charge < -0.3 is 9.30 Å². The normalized spacial score (nSPS) is 11.9. The van der Waals surface area contributed by atoms with Gasteiger partial charge in [-0.1, -0.05) is 23.7 Å². The van der Waals surface area contributed by atoms with Crippen LogP contribution < -0.4 is 10.3 Å². The highest BCUT2D eigenvalue weighted by molar-refractivity contribution is 6.31. The van der Waals surface area contributed by atoms with Crippen LogP contribution in [0.1, 0.15) is 35.8 Å². The van der Waals surface area contributed by atoms with Crippen LogP contribution in [0.4, 0.5) is 4.39 Å². The van der Waals surface area contributed by atoms with Gasteiger partial charge in [0.25, 0.3) is 5.56 Å². The molecule has 1 heterocycles. The Bertz CT molecular complexity index is 1110. The van der Waals surface area contributed by atoms with Crippen molar-refractivity contribution >= 4 is 17.4 Å². The van der Waals surface area contributed by atoms with Gasteiger partial charge >= 0.3 is 0 Å². The number of Topliss-reactive ketones (excluding diaryl/α,β-unsaturated/α-hetero) is 1. The Morgan fingerprint density at radius 3 is 2.45 bits per heavy atom. The number of methoxy groups -OCH3 is 1. The van der Waals surface area contributed by atoms with Gasteiger partial charge in [-0.3, -0.25) is 9.59 Å². The molecule has 0 saturated carbocycles. The van der Waals surface area contributed by atoms with E-state index in [1.54, 1.807) is 41.1 Å². The minimum absolute atomic E-state index is 0.132. The second kappa shape index (κ2) is 8.62. The fourth-order valence-electron chi connectivity index (χ4n) is 3.35. The van der Waals surface area contributed by atoms with E-state index in [2.05, 4.69) is 0 Å². The predicted molar refractivity (Wildman–Crippen MR) is 113 cm³/mol. The van der Waals surface area contributed by atoms with Gasteiger partial charge in [0.1, 0.15) is 11.6 Å². The lowest BCUT2D eigenvalue weighted by Gasteiger charge is -2.19. The molecular formula is C23H21ClFNO3. The summed E-state index contributed by atoms with van der Waals surface area (Å²) in [7, 11) is 1.51. The number of hydrogen-bond donors (Lipinski definition) is 0. The average molecular weight is 414 g/mol. The molecule has 4 nitrogen and oxygen atoms in total. The van der Waals surface area contributed by atoms with E-state index in [0.29, 0.717) is 33.9 Å². The molecule has 1 unspecified atom stereocenters. The molecule has 29 heavy (non-hydrogen) atoms. The Kier molecular flexibility index (Phi) is 6.18. The summed E-state index contributed by atoms with van der Waals surface area (Å²) in [6, 6.07) is 12.4. The largest absolute Gasteiger partial charge is 0.495 e. The van der Waals surface area contributed by atoms with Crippen LogP contribution in [0.15, 0.2) is 59.5 Å². The third-order valence-corrected chi connectivity index (χ3v) is 5.07. The van der Waals surface area contributed by atoms with Gasteiger partial charge in [-0.2, -0.15) is 0 Å². The van der Waals surface area contributed by atoms with Gasteiger partial charge in [-0.05, 0) is 61.7 Å². The van der Waals surface area contributed by atoms with Crippen LogP contribution in [-0.4, -0.2) is 17.5 Å². The number of rotatable bonds is 6. The van der Waals surface area contributed by atoms with Crippen molar-refractivity contribution < 1.29 is 13.9 Å². The lowest BCUT2D eigenvalue weighted by Crippen LogP contribution is -2.24. The standard InChI is InChI=1S/C23H21ClFNO3/c1-14(10-16-4-7-18(25)8-5-16)26-13-22(29-3)21(12-23(26)28)20-11-17(24)6-9-19(20)15(2)27/h4-9,11-14H,10H2,1-3H3. The summed E-state index contributed by atoms with van der Waals surface area (Å²) in [5.74, 6) is 0.0280. The maximum atomic E-state index is 13.1. The predicted octanol–water partition coefficient (Wildman–Crippen LogP) is 5.32. The molecule has 3 aromatic rings. The summed E-state index contributed by atoms with van der Waals surface area (Å²) in [5, 5.41) is 0.459. The maximum absolute atomic E-state index is 13.1. The monoisotopic (exact) mass is 413 g/mol. The molecule has 0 aliphatic heterocycles. The van der Waals surface area contributed by atoms with Crippen molar-refractivity contribution in [3.63, 3.8) is 0 Å². The van der Waals surface area contributed by atoms with E-state index in [4.69, 9.17) is 16.3 Å². The van der Waals surface area contributed by atoms with E-state index in [0.717, 1.165) is 5.56 Å². The fourth-order valence-corrected chi connectivity index (χ4v) is 3.52. The molecular weight excluding hydrogens is 393 g/mol. The molecule has 6 heteroatoms. The van der Waals surface area contributed by atoms with Gasteiger partial charge in [0.05, 0.1) is 13.3 Å². The molecule has 0 radical (unpaired) electrons. The SMILES string of the molecule is COc1cn(C(C)Cc2ccc(F)cc2)c(=O)cc1-c1cc(Cl)ccc1C(C)=O. The van der Waals surface area contributed by atoms with Crippen molar-refractivity contribution in [2.75, 3.05) is 7.11 Å². The van der Waals surface area contributed by atoms with Crippen molar-refractivity contribution in [2.24, 2.45) is 0 Å². The van der Waals surface area contributed by atoms with Gasteiger partial charge in [0.2, 0.25) is 0 Å². The molecule has 0 aliphatic carbocycles. The summed E-state index contributed by atoms with van der Waals surface area (Å²) in [6.45, 7) is 3.37. The first kappa shape index (κ1) is 20.8. The molecule has 0 spiro atoms. The van der Waals surface area contributed by atoms with E-state index >= 15 is 0 Å². The molecule has 1 aromatic heterocycles. The minimum atomic E-state index is -0.299. The number of ether oxygens (including phenoxy) is 1. The van der Waals surface area contributed by atoms with Crippen LogP contribution in [-0.2, 0) is 6.42 Å². The summed E-state index contributed by atoms with van der Waals surface area (Å²) in [6.07, 6.45) is 2.19. The summed E-state index contributed by atoms with van der Waals surface area (Å²) in [5.41, 5.74) is 2.21. The summed E-state index contributed by atoms with van der Waals surface area (Å²) in [4.78, 5) is 24.9. The Hall–Kier alpha value is -2.92. The van der Waals surface area contributed by atoms with E-state index in [1.807, 2.05) is 6.92 Å². The van der Waals surface area contributed by atoms with E-state index in [-0.39, 0.29) is 23.2 Å². The third kappa shape index (κ3) is 4.57. The van der Waals surface area contributed by atoms with E-state index in [1.165, 1.54) is 32.2 Å². The van der Waals surface area contributed by atoms with Gasteiger partial charge in [0.15, 0.2) is 5.78 Å². The lowest BCUT2D eigenvalue weighted by atomic mass is 9.97. The third-order valence-electron chi connectivity index (χ3n) is 4.83. The van der Waals surface area contributed by atoms with Crippen LogP contribution >= 0.6 is 11.6 Å². The zero-order valence-corrected chi connectivity index (χ0v) is 17.2. The van der Waals surface area contributed by atoms with Crippen LogP contribution in [0.3, 0.4) is 0 Å². The van der Waals surface area contributed by atoms with Crippen LogP contribution in [0.5, 0.6) is 5.75 Å². The lowest BCUT2D eigenvalue weighted by molar-refractivity contribution is 0.101. The maximum Gasteiger partial charge on any atom is 0.251 e. The van der Waals surface area contributed by atoms with Crippen molar-refractivity contribution in [1.82, 2.24) is 4.57 Å². The second-order valence-corrected chi connectivity index (χ2v) is 7.36. The highest BCUT2D eigenvalue weighted by Gasteiger charge is 2.18. The van der Waals surface area contributed by atoms with E-state index in [9.17, 15) is 14.0 Å². The van der Waals surface area contributed by atoms with Crippen molar-refractivity contribution in [1.29, 1.82) is 0 Å². The molecule has 0 bridgehead atoms. The van der Waals surface area contributed by atoms with Gasteiger partial charge in [0, 0.05) is 28.3 Å². The molecule has 0 N–H and O–H groups in total. The van der Waals surface area contributed by atoms with Crippen LogP contribution in [0, 0.1) is 5.82 Å². The smallest absolute Gasteiger partial charge is 0.251 e. The molecule has 0 saturated heterocycles. The topological polar surface area (TPSA) is 48.3 Å². The van der Waals surface area contributed by atoms with Gasteiger partial charge in [-0.15, -0.1) is 0 Å². The number of halogens is 2. The van der Waals surface area contributed by atoms with E-state index < -0.39 is 0 Å². The van der Waals surface area contributed by atoms with Crippen molar-refractivity contribution in [3.8, 4) is 16.9 Å². The molecule has 150 valence electrons. The number of aromatic nitrogens is 1. The zero-order valence-electron chi connectivity index (χ0n) is 16.4. The Labute approximate surface area is 173 Å². The average Bonchev–Trinajstić information content (AvgIpc) is 2.69. The molecule has 0 aliphatic rings. The summed E-state index contributed by atoms with van der Waals surface area (Å²) < 4.78 is 20.2. The zero-order chi connectivity index (χ0) is 21.1. The Balaban J connectivity index is 2.05. The number of carbonyl (C=O) groups is 1. The quantitative estimate of drug-likeness (QED) is 0.513. The number of hydrogen-bond acceptors (Lipinski definition) is 3. The molecule has 0 amide bonds. The van der Waals surface area contributed by atoms with Crippen LogP contribution in [0.2, 0.25) is 5.02 Å². The number of pyridine rings is 1. The first-order chi connectivity index (χ1) is 13.8. The number of benzene rings is 2. The van der Waals surface area contributed by atoms with Crippen molar-refractivity contribution in [2.45, 2.75) is 26.3 Å².